The Bertz CT molecular complexity index is 1040. The van der Waals surface area contributed by atoms with Gasteiger partial charge < -0.3 is 15.4 Å². The minimum absolute atomic E-state index is 0.0511. The van der Waals surface area contributed by atoms with Gasteiger partial charge in [0.1, 0.15) is 6.07 Å². The van der Waals surface area contributed by atoms with Gasteiger partial charge in [0.15, 0.2) is 5.69 Å². The number of aromatic nitrogens is 2. The average molecular weight is 363 g/mol. The fourth-order valence-electron chi connectivity index (χ4n) is 2.58. The number of hydrogen-bond donors (Lipinski definition) is 2. The first kappa shape index (κ1) is 18.1. The lowest BCUT2D eigenvalue weighted by atomic mass is 10.2. The third-order valence-electron chi connectivity index (χ3n) is 3.85. The number of para-hydroxylation sites is 1. The van der Waals surface area contributed by atoms with Crippen molar-refractivity contribution in [3.8, 4) is 6.07 Å². The summed E-state index contributed by atoms with van der Waals surface area (Å²) < 4.78 is 6.45. The number of carbonyl (C=O) groups is 2. The molecule has 8 nitrogen and oxygen atoms in total. The summed E-state index contributed by atoms with van der Waals surface area (Å²) >= 11 is 0. The summed E-state index contributed by atoms with van der Waals surface area (Å²) in [6, 6.07) is 13.9. The number of benzene rings is 1. The molecule has 2 N–H and O–H groups in total. The van der Waals surface area contributed by atoms with Crippen LogP contribution in [0.3, 0.4) is 0 Å². The maximum Gasteiger partial charge on any atom is 0.292 e. The minimum Gasteiger partial charge on any atom is -0.383 e. The Hall–Kier alpha value is -3.70. The predicted octanol–water partition coefficient (Wildman–Crippen LogP) is 1.83. The summed E-state index contributed by atoms with van der Waals surface area (Å²) in [5.74, 6) is -0.864. The highest BCUT2D eigenvalue weighted by Gasteiger charge is 2.21. The molecule has 0 bridgehead atoms. The second-order valence-electron chi connectivity index (χ2n) is 5.60. The Morgan fingerprint density at radius 1 is 1.19 bits per heavy atom. The largest absolute Gasteiger partial charge is 0.383 e. The van der Waals surface area contributed by atoms with Gasteiger partial charge in [-0.1, -0.05) is 18.2 Å². The smallest absolute Gasteiger partial charge is 0.292 e. The number of imidazole rings is 1. The number of carbonyl (C=O) groups excluding carboxylic acids is 2. The van der Waals surface area contributed by atoms with Gasteiger partial charge in [-0.2, -0.15) is 5.26 Å². The molecule has 136 valence electrons. The van der Waals surface area contributed by atoms with Gasteiger partial charge in [0.2, 0.25) is 5.82 Å². The first-order valence-electron chi connectivity index (χ1n) is 8.20. The van der Waals surface area contributed by atoms with E-state index in [-0.39, 0.29) is 11.5 Å². The van der Waals surface area contributed by atoms with Crippen molar-refractivity contribution in [1.82, 2.24) is 14.7 Å². The predicted molar refractivity (Wildman–Crippen MR) is 98.5 cm³/mol. The lowest BCUT2D eigenvalue weighted by Gasteiger charge is -2.05. The van der Waals surface area contributed by atoms with Crippen molar-refractivity contribution in [3.05, 3.63) is 65.7 Å². The van der Waals surface area contributed by atoms with Crippen molar-refractivity contribution in [1.29, 1.82) is 5.26 Å². The molecule has 0 saturated heterocycles. The van der Waals surface area contributed by atoms with Gasteiger partial charge in [0.05, 0.1) is 23.4 Å². The minimum atomic E-state index is -0.519. The standard InChI is InChI=1S/C19H17N5O3/c1-27-11-9-21-18(25)16-15-8-4-5-10-24(15)17(23-16)19(26)22-14-7-3-2-6-13(14)12-20/h2-8,10H,9,11H2,1H3,(H,21,25)(H,22,26). The van der Waals surface area contributed by atoms with E-state index < -0.39 is 11.8 Å². The van der Waals surface area contributed by atoms with Crippen LogP contribution >= 0.6 is 0 Å². The van der Waals surface area contributed by atoms with E-state index in [2.05, 4.69) is 15.6 Å². The van der Waals surface area contributed by atoms with Crippen LogP contribution < -0.4 is 10.6 Å². The second-order valence-corrected chi connectivity index (χ2v) is 5.60. The first-order chi connectivity index (χ1) is 13.2. The summed E-state index contributed by atoms with van der Waals surface area (Å²) in [5.41, 5.74) is 1.37. The number of methoxy groups -OCH3 is 1. The van der Waals surface area contributed by atoms with Crippen molar-refractivity contribution in [2.45, 2.75) is 0 Å². The topological polar surface area (TPSA) is 109 Å². The van der Waals surface area contributed by atoms with Gasteiger partial charge in [-0.05, 0) is 24.3 Å². The van der Waals surface area contributed by atoms with Crippen molar-refractivity contribution < 1.29 is 14.3 Å². The second kappa shape index (κ2) is 8.12. The van der Waals surface area contributed by atoms with Gasteiger partial charge >= 0.3 is 0 Å². The van der Waals surface area contributed by atoms with Crippen LogP contribution in [0, 0.1) is 11.3 Å². The zero-order valence-corrected chi connectivity index (χ0v) is 14.6. The number of amides is 2. The molecule has 0 aliphatic carbocycles. The molecule has 0 fully saturated rings. The van der Waals surface area contributed by atoms with Gasteiger partial charge in [0, 0.05) is 19.9 Å². The number of nitriles is 1. The van der Waals surface area contributed by atoms with E-state index in [1.807, 2.05) is 6.07 Å². The monoisotopic (exact) mass is 363 g/mol. The molecular formula is C19H17N5O3. The Balaban J connectivity index is 1.94. The molecule has 0 aliphatic rings. The summed E-state index contributed by atoms with van der Waals surface area (Å²) in [4.78, 5) is 29.4. The molecule has 0 atom stereocenters. The molecular weight excluding hydrogens is 346 g/mol. The van der Waals surface area contributed by atoms with Crippen LogP contribution in [0.5, 0.6) is 0 Å². The number of pyridine rings is 1. The molecule has 2 heterocycles. The Labute approximate surface area is 155 Å². The van der Waals surface area contributed by atoms with Crippen LogP contribution in [-0.2, 0) is 4.74 Å². The quantitative estimate of drug-likeness (QED) is 0.650. The lowest BCUT2D eigenvalue weighted by molar-refractivity contribution is 0.0934. The van der Waals surface area contributed by atoms with Crippen LogP contribution in [0.1, 0.15) is 26.7 Å². The zero-order valence-electron chi connectivity index (χ0n) is 14.6. The Morgan fingerprint density at radius 2 is 1.96 bits per heavy atom. The maximum atomic E-state index is 12.7. The van der Waals surface area contributed by atoms with Crippen molar-refractivity contribution >= 4 is 23.0 Å². The Morgan fingerprint density at radius 3 is 2.74 bits per heavy atom. The fraction of sp³-hybridized carbons (Fsp3) is 0.158. The molecule has 8 heteroatoms. The number of fused-ring (bicyclic) bond motifs is 1. The highest BCUT2D eigenvalue weighted by molar-refractivity contribution is 6.06. The molecule has 1 aromatic carbocycles. The van der Waals surface area contributed by atoms with Gasteiger partial charge in [-0.3, -0.25) is 14.0 Å². The van der Waals surface area contributed by atoms with Crippen LogP contribution in [0.25, 0.3) is 5.52 Å². The van der Waals surface area contributed by atoms with Gasteiger partial charge in [-0.25, -0.2) is 4.98 Å². The summed E-state index contributed by atoms with van der Waals surface area (Å²) in [6.45, 7) is 0.702. The van der Waals surface area contributed by atoms with Crippen molar-refractivity contribution in [2.24, 2.45) is 0 Å². The number of hydrogen-bond acceptors (Lipinski definition) is 5. The molecule has 2 amide bonds. The normalized spacial score (nSPS) is 10.4. The van der Waals surface area contributed by atoms with E-state index in [4.69, 9.17) is 10.00 Å². The lowest BCUT2D eigenvalue weighted by Crippen LogP contribution is -2.27. The van der Waals surface area contributed by atoms with E-state index in [9.17, 15) is 9.59 Å². The van der Waals surface area contributed by atoms with Crippen LogP contribution in [0.4, 0.5) is 5.69 Å². The average Bonchev–Trinajstić information content (AvgIpc) is 3.08. The highest BCUT2D eigenvalue weighted by Crippen LogP contribution is 2.17. The Kier molecular flexibility index (Phi) is 5.44. The van der Waals surface area contributed by atoms with E-state index in [1.54, 1.807) is 55.8 Å². The third-order valence-corrected chi connectivity index (χ3v) is 3.85. The molecule has 27 heavy (non-hydrogen) atoms. The van der Waals surface area contributed by atoms with Crippen molar-refractivity contribution in [2.75, 3.05) is 25.6 Å². The number of ether oxygens (including phenoxy) is 1. The highest BCUT2D eigenvalue weighted by atomic mass is 16.5. The van der Waals surface area contributed by atoms with Crippen LogP contribution in [0.2, 0.25) is 0 Å². The van der Waals surface area contributed by atoms with Gasteiger partial charge in [-0.15, -0.1) is 0 Å². The SMILES string of the molecule is COCCNC(=O)c1nc(C(=O)Nc2ccccc2C#N)n2ccccc12. The molecule has 0 radical (unpaired) electrons. The molecule has 3 rings (SSSR count). The van der Waals surface area contributed by atoms with Crippen LogP contribution in [-0.4, -0.2) is 41.5 Å². The first-order valence-corrected chi connectivity index (χ1v) is 8.20. The van der Waals surface area contributed by atoms with E-state index in [0.29, 0.717) is 29.9 Å². The van der Waals surface area contributed by atoms with Crippen molar-refractivity contribution in [3.63, 3.8) is 0 Å². The number of anilines is 1. The third kappa shape index (κ3) is 3.78. The fourth-order valence-corrected chi connectivity index (χ4v) is 2.58. The number of nitrogens with zero attached hydrogens (tertiary/aromatic N) is 3. The summed E-state index contributed by atoms with van der Waals surface area (Å²) in [5, 5.41) is 14.5. The van der Waals surface area contributed by atoms with E-state index in [0.717, 1.165) is 0 Å². The molecule has 2 aromatic heterocycles. The summed E-state index contributed by atoms with van der Waals surface area (Å²) in [7, 11) is 1.54. The summed E-state index contributed by atoms with van der Waals surface area (Å²) in [6.07, 6.45) is 1.65. The van der Waals surface area contributed by atoms with Gasteiger partial charge in [0.25, 0.3) is 11.8 Å². The molecule has 0 spiro atoms. The van der Waals surface area contributed by atoms with Crippen LogP contribution in [0.15, 0.2) is 48.7 Å². The zero-order chi connectivity index (χ0) is 19.2. The number of nitrogens with one attached hydrogen (secondary N) is 2. The maximum absolute atomic E-state index is 12.7. The van der Waals surface area contributed by atoms with E-state index >= 15 is 0 Å². The number of rotatable bonds is 6. The molecule has 0 unspecified atom stereocenters. The molecule has 0 aliphatic heterocycles. The molecule has 3 aromatic rings. The van der Waals surface area contributed by atoms with E-state index in [1.165, 1.54) is 4.40 Å². The molecule has 0 saturated carbocycles.